The van der Waals surface area contributed by atoms with Crippen LogP contribution >= 0.6 is 0 Å². The Kier molecular flexibility index (Phi) is 7.09. The molecule has 0 fully saturated rings. The highest BCUT2D eigenvalue weighted by molar-refractivity contribution is 7.91. The van der Waals surface area contributed by atoms with Crippen molar-refractivity contribution in [3.8, 4) is 16.9 Å². The van der Waals surface area contributed by atoms with Gasteiger partial charge in [0.25, 0.3) is 0 Å². The topological polar surface area (TPSA) is 120 Å². The van der Waals surface area contributed by atoms with E-state index >= 15 is 0 Å². The Morgan fingerprint density at radius 3 is 2.42 bits per heavy atom. The molecule has 0 spiro atoms. The van der Waals surface area contributed by atoms with Gasteiger partial charge in [0.05, 0.1) is 22.9 Å². The van der Waals surface area contributed by atoms with Gasteiger partial charge in [-0.2, -0.15) is 4.98 Å². The van der Waals surface area contributed by atoms with Crippen molar-refractivity contribution in [2.45, 2.75) is 24.8 Å². The molecule has 2 aromatic carbocycles. The number of ether oxygens (including phenoxy) is 1. The average Bonchev–Trinajstić information content (AvgIpc) is 2.74. The van der Waals surface area contributed by atoms with Crippen molar-refractivity contribution < 1.29 is 14.1 Å². The van der Waals surface area contributed by atoms with E-state index in [0.717, 1.165) is 16.9 Å². The van der Waals surface area contributed by atoms with Crippen LogP contribution in [0.1, 0.15) is 13.8 Å². The SMILES string of the molecule is CCOc1ccc(-c2cnc(Nc3ccc(S(C)(=N)=O)cc3)nc2N[C@H](C)CO)cc1. The second-order valence-electron chi connectivity index (χ2n) is 7.13. The molecule has 0 saturated carbocycles. The molecule has 3 aromatic rings. The van der Waals surface area contributed by atoms with Crippen LogP contribution in [0.25, 0.3) is 11.1 Å². The van der Waals surface area contributed by atoms with Crippen molar-refractivity contribution in [2.24, 2.45) is 0 Å². The van der Waals surface area contributed by atoms with E-state index < -0.39 is 9.73 Å². The smallest absolute Gasteiger partial charge is 0.229 e. The number of hydrogen-bond donors (Lipinski definition) is 4. The Morgan fingerprint density at radius 2 is 1.84 bits per heavy atom. The predicted molar refractivity (Wildman–Crippen MR) is 124 cm³/mol. The van der Waals surface area contributed by atoms with Crippen LogP contribution in [0, 0.1) is 4.78 Å². The summed E-state index contributed by atoms with van der Waals surface area (Å²) >= 11 is 0. The molecule has 0 amide bonds. The van der Waals surface area contributed by atoms with Gasteiger partial charge in [0.15, 0.2) is 0 Å². The summed E-state index contributed by atoms with van der Waals surface area (Å²) in [5.41, 5.74) is 2.42. The van der Waals surface area contributed by atoms with Crippen LogP contribution in [0.3, 0.4) is 0 Å². The van der Waals surface area contributed by atoms with Crippen molar-refractivity contribution in [3.63, 3.8) is 0 Å². The molecule has 0 aliphatic carbocycles. The van der Waals surface area contributed by atoms with Crippen molar-refractivity contribution >= 4 is 27.2 Å². The Hall–Kier alpha value is -3.17. The Bertz CT molecular complexity index is 1120. The van der Waals surface area contributed by atoms with E-state index in [-0.39, 0.29) is 12.6 Å². The highest BCUT2D eigenvalue weighted by Gasteiger charge is 2.13. The minimum absolute atomic E-state index is 0.0413. The number of rotatable bonds is 9. The molecular weight excluding hydrogens is 414 g/mol. The number of nitrogens with zero attached hydrogens (tertiary/aromatic N) is 2. The number of anilines is 3. The summed E-state index contributed by atoms with van der Waals surface area (Å²) in [6, 6.07) is 14.2. The fraction of sp³-hybridized carbons (Fsp3) is 0.273. The highest BCUT2D eigenvalue weighted by atomic mass is 32.2. The lowest BCUT2D eigenvalue weighted by atomic mass is 10.1. The van der Waals surface area contributed by atoms with E-state index in [9.17, 15) is 9.32 Å². The third-order valence-electron chi connectivity index (χ3n) is 4.48. The first-order chi connectivity index (χ1) is 14.8. The first kappa shape index (κ1) is 22.5. The largest absolute Gasteiger partial charge is 0.494 e. The summed E-state index contributed by atoms with van der Waals surface area (Å²) < 4.78 is 25.0. The summed E-state index contributed by atoms with van der Waals surface area (Å²) in [6.07, 6.45) is 3.10. The molecule has 0 radical (unpaired) electrons. The van der Waals surface area contributed by atoms with Crippen LogP contribution in [0.5, 0.6) is 5.75 Å². The predicted octanol–water partition coefficient (Wildman–Crippen LogP) is 4.11. The fourth-order valence-electron chi connectivity index (χ4n) is 2.87. The van der Waals surface area contributed by atoms with E-state index in [4.69, 9.17) is 9.52 Å². The van der Waals surface area contributed by atoms with E-state index in [0.29, 0.717) is 29.0 Å². The van der Waals surface area contributed by atoms with Gasteiger partial charge in [0.2, 0.25) is 5.95 Å². The third-order valence-corrected chi connectivity index (χ3v) is 5.65. The monoisotopic (exact) mass is 441 g/mol. The molecule has 31 heavy (non-hydrogen) atoms. The first-order valence-electron chi connectivity index (χ1n) is 9.88. The molecule has 1 unspecified atom stereocenters. The standard InChI is InChI=1S/C22H27N5O3S/c1-4-30-18-9-5-16(6-10-18)20-13-24-22(27-21(20)25-15(2)14-28)26-17-7-11-19(12-8-17)31(3,23)29/h5-13,15,23,28H,4,14H2,1-3H3,(H2,24,25,26,27)/t15-,31?/m1/s1. The highest BCUT2D eigenvalue weighted by Crippen LogP contribution is 2.29. The van der Waals surface area contributed by atoms with E-state index in [2.05, 4.69) is 20.6 Å². The number of nitrogens with one attached hydrogen (secondary N) is 3. The van der Waals surface area contributed by atoms with Gasteiger partial charge < -0.3 is 20.5 Å². The van der Waals surface area contributed by atoms with E-state index in [1.54, 1.807) is 30.5 Å². The molecule has 2 atom stereocenters. The molecule has 0 aliphatic heterocycles. The van der Waals surface area contributed by atoms with Crippen LogP contribution in [0.2, 0.25) is 0 Å². The summed E-state index contributed by atoms with van der Waals surface area (Å²) in [5, 5.41) is 15.8. The van der Waals surface area contributed by atoms with Crippen molar-refractivity contribution in [1.82, 2.24) is 9.97 Å². The molecule has 0 aliphatic rings. The minimum Gasteiger partial charge on any atom is -0.494 e. The maximum Gasteiger partial charge on any atom is 0.229 e. The Balaban J connectivity index is 1.90. The van der Waals surface area contributed by atoms with Crippen molar-refractivity contribution in [2.75, 3.05) is 30.1 Å². The molecule has 4 N–H and O–H groups in total. The van der Waals surface area contributed by atoms with E-state index in [1.807, 2.05) is 38.1 Å². The number of aromatic nitrogens is 2. The summed E-state index contributed by atoms with van der Waals surface area (Å²) in [7, 11) is -2.76. The lowest BCUT2D eigenvalue weighted by molar-refractivity contribution is 0.281. The average molecular weight is 442 g/mol. The summed E-state index contributed by atoms with van der Waals surface area (Å²) in [6.45, 7) is 4.36. The number of aliphatic hydroxyl groups excluding tert-OH is 1. The minimum atomic E-state index is -2.76. The third kappa shape index (κ3) is 5.93. The van der Waals surface area contributed by atoms with Gasteiger partial charge in [-0.1, -0.05) is 12.1 Å². The zero-order valence-corrected chi connectivity index (χ0v) is 18.6. The first-order valence-corrected chi connectivity index (χ1v) is 11.9. The molecule has 1 heterocycles. The lowest BCUT2D eigenvalue weighted by Crippen LogP contribution is -2.21. The van der Waals surface area contributed by atoms with E-state index in [1.165, 1.54) is 6.26 Å². The number of benzene rings is 2. The van der Waals surface area contributed by atoms with Crippen LogP contribution in [0.15, 0.2) is 59.6 Å². The van der Waals surface area contributed by atoms with Gasteiger partial charge in [-0.25, -0.2) is 14.0 Å². The number of aliphatic hydroxyl groups is 1. The Morgan fingerprint density at radius 1 is 1.16 bits per heavy atom. The van der Waals surface area contributed by atoms with Gasteiger partial charge in [-0.15, -0.1) is 0 Å². The molecule has 0 bridgehead atoms. The Labute approximate surface area is 182 Å². The van der Waals surface area contributed by atoms with Crippen LogP contribution in [-0.2, 0) is 9.73 Å². The molecule has 164 valence electrons. The van der Waals surface area contributed by atoms with Gasteiger partial charge >= 0.3 is 0 Å². The van der Waals surface area contributed by atoms with Crippen molar-refractivity contribution in [1.29, 1.82) is 4.78 Å². The molecule has 3 rings (SSSR count). The molecule has 8 nitrogen and oxygen atoms in total. The maximum absolute atomic E-state index is 11.8. The zero-order chi connectivity index (χ0) is 22.4. The zero-order valence-electron chi connectivity index (χ0n) is 17.8. The quantitative estimate of drug-likeness (QED) is 0.394. The van der Waals surface area contributed by atoms with Gasteiger partial charge in [0, 0.05) is 34.6 Å². The van der Waals surface area contributed by atoms with Gasteiger partial charge in [0.1, 0.15) is 11.6 Å². The maximum atomic E-state index is 11.8. The molecule has 0 saturated heterocycles. The van der Waals surface area contributed by atoms with Crippen LogP contribution < -0.4 is 15.4 Å². The second kappa shape index (κ2) is 9.76. The van der Waals surface area contributed by atoms with Crippen LogP contribution in [0.4, 0.5) is 17.5 Å². The molecular formula is C22H27N5O3S. The lowest BCUT2D eigenvalue weighted by Gasteiger charge is -2.17. The van der Waals surface area contributed by atoms with Gasteiger partial charge in [-0.3, -0.25) is 0 Å². The second-order valence-corrected chi connectivity index (χ2v) is 9.29. The molecule has 9 heteroatoms. The number of hydrogen-bond acceptors (Lipinski definition) is 8. The summed E-state index contributed by atoms with van der Waals surface area (Å²) in [4.78, 5) is 9.48. The summed E-state index contributed by atoms with van der Waals surface area (Å²) in [5.74, 6) is 1.75. The fourth-order valence-corrected chi connectivity index (χ4v) is 3.52. The van der Waals surface area contributed by atoms with Crippen LogP contribution in [-0.4, -0.2) is 44.8 Å². The van der Waals surface area contributed by atoms with Crippen molar-refractivity contribution in [3.05, 3.63) is 54.7 Å². The normalized spacial score (nSPS) is 13.8. The molecule has 1 aromatic heterocycles. The van der Waals surface area contributed by atoms with Gasteiger partial charge in [-0.05, 0) is 55.8 Å².